The normalized spacial score (nSPS) is 16.2. The van der Waals surface area contributed by atoms with Crippen LogP contribution in [0.25, 0.3) is 0 Å². The lowest BCUT2D eigenvalue weighted by molar-refractivity contribution is -0.137. The topological polar surface area (TPSA) is 88.5 Å². The van der Waals surface area contributed by atoms with Crippen LogP contribution in [0.1, 0.15) is 23.6 Å². The summed E-state index contributed by atoms with van der Waals surface area (Å²) in [4.78, 5) is 28.4. The monoisotopic (exact) mass is 459 g/mol. The molecule has 1 aliphatic heterocycles. The van der Waals surface area contributed by atoms with Crippen molar-refractivity contribution in [3.8, 4) is 6.07 Å². The molecular formula is C23H24F3N5O2. The third-order valence-electron chi connectivity index (χ3n) is 5.60. The summed E-state index contributed by atoms with van der Waals surface area (Å²) >= 11 is 0. The highest BCUT2D eigenvalue weighted by Gasteiger charge is 2.37. The van der Waals surface area contributed by atoms with E-state index >= 15 is 0 Å². The second-order valence-electron chi connectivity index (χ2n) is 7.59. The summed E-state index contributed by atoms with van der Waals surface area (Å²) in [6.45, 7) is 2.37. The number of nitriles is 1. The number of piperazine rings is 1. The predicted molar refractivity (Wildman–Crippen MR) is 118 cm³/mol. The van der Waals surface area contributed by atoms with Crippen molar-refractivity contribution in [3.05, 3.63) is 59.2 Å². The lowest BCUT2D eigenvalue weighted by Gasteiger charge is -2.41. The third kappa shape index (κ3) is 5.37. The van der Waals surface area contributed by atoms with Gasteiger partial charge in [-0.2, -0.15) is 18.4 Å². The van der Waals surface area contributed by atoms with Gasteiger partial charge in [0.2, 0.25) is 5.91 Å². The summed E-state index contributed by atoms with van der Waals surface area (Å²) < 4.78 is 40.1. The van der Waals surface area contributed by atoms with Crippen molar-refractivity contribution >= 4 is 23.3 Å². The standard InChI is InChI=1S/C23H24F3N5O2/c1-3-15-4-7-17(8-5-15)29-22(33)31-11-10-30(14-20(31)21(32)28-2)18-9-6-16(13-27)19(12-18)23(24,25)26/h4-9,12,20H,3,10-11,14H2,1-2H3,(H,28,32)(H,29,33). The molecular weight excluding hydrogens is 435 g/mol. The van der Waals surface area contributed by atoms with Gasteiger partial charge in [-0.25, -0.2) is 4.79 Å². The van der Waals surface area contributed by atoms with Crippen LogP contribution in [0.2, 0.25) is 0 Å². The number of hydrogen-bond acceptors (Lipinski definition) is 4. The highest BCUT2D eigenvalue weighted by atomic mass is 19.4. The molecule has 1 unspecified atom stereocenters. The van der Waals surface area contributed by atoms with Crippen LogP contribution in [0, 0.1) is 11.3 Å². The van der Waals surface area contributed by atoms with E-state index in [0.717, 1.165) is 24.1 Å². The fourth-order valence-corrected chi connectivity index (χ4v) is 3.73. The Morgan fingerprint density at radius 3 is 2.42 bits per heavy atom. The second-order valence-corrected chi connectivity index (χ2v) is 7.59. The van der Waals surface area contributed by atoms with Gasteiger partial charge in [-0.1, -0.05) is 19.1 Å². The van der Waals surface area contributed by atoms with E-state index in [-0.39, 0.29) is 25.3 Å². The number of halogens is 3. The van der Waals surface area contributed by atoms with Crippen molar-refractivity contribution in [3.63, 3.8) is 0 Å². The zero-order valence-electron chi connectivity index (χ0n) is 18.2. The Bertz CT molecular complexity index is 1060. The van der Waals surface area contributed by atoms with Gasteiger partial charge in [0.1, 0.15) is 6.04 Å². The van der Waals surface area contributed by atoms with Gasteiger partial charge in [-0.15, -0.1) is 0 Å². The van der Waals surface area contributed by atoms with Gasteiger partial charge in [-0.3, -0.25) is 4.79 Å². The average Bonchev–Trinajstić information content (AvgIpc) is 2.82. The van der Waals surface area contributed by atoms with E-state index in [4.69, 9.17) is 5.26 Å². The van der Waals surface area contributed by atoms with Crippen molar-refractivity contribution in [2.75, 3.05) is 36.9 Å². The summed E-state index contributed by atoms with van der Waals surface area (Å²) in [5.74, 6) is -0.430. The fraction of sp³-hybridized carbons (Fsp3) is 0.348. The first-order valence-corrected chi connectivity index (χ1v) is 10.4. The first-order chi connectivity index (χ1) is 15.7. The van der Waals surface area contributed by atoms with E-state index < -0.39 is 35.3 Å². The molecule has 3 amide bonds. The van der Waals surface area contributed by atoms with E-state index in [2.05, 4.69) is 10.6 Å². The van der Waals surface area contributed by atoms with E-state index in [0.29, 0.717) is 5.69 Å². The van der Waals surface area contributed by atoms with E-state index in [1.807, 2.05) is 19.1 Å². The number of likely N-dealkylation sites (N-methyl/N-ethyl adjacent to an activating group) is 1. The van der Waals surface area contributed by atoms with Crippen molar-refractivity contribution in [2.45, 2.75) is 25.6 Å². The van der Waals surface area contributed by atoms with Crippen LogP contribution >= 0.6 is 0 Å². The van der Waals surface area contributed by atoms with E-state index in [9.17, 15) is 22.8 Å². The van der Waals surface area contributed by atoms with Crippen LogP contribution in [-0.4, -0.2) is 49.6 Å². The molecule has 174 valence electrons. The molecule has 7 nitrogen and oxygen atoms in total. The number of benzene rings is 2. The summed E-state index contributed by atoms with van der Waals surface area (Å²) in [6, 6.07) is 11.0. The lowest BCUT2D eigenvalue weighted by Crippen LogP contribution is -2.61. The molecule has 0 spiro atoms. The number of rotatable bonds is 4. The van der Waals surface area contributed by atoms with Crippen molar-refractivity contribution in [1.82, 2.24) is 10.2 Å². The first-order valence-electron chi connectivity index (χ1n) is 10.4. The summed E-state index contributed by atoms with van der Waals surface area (Å²) in [5.41, 5.74) is 0.420. The number of amides is 3. The number of urea groups is 1. The number of hydrogen-bond donors (Lipinski definition) is 2. The Hall–Kier alpha value is -3.74. The summed E-state index contributed by atoms with van der Waals surface area (Å²) in [5, 5.41) is 14.3. The third-order valence-corrected chi connectivity index (χ3v) is 5.60. The predicted octanol–water partition coefficient (Wildman–Crippen LogP) is 3.61. The molecule has 1 atom stereocenters. The van der Waals surface area contributed by atoms with Crippen molar-refractivity contribution in [2.24, 2.45) is 0 Å². The number of anilines is 2. The molecule has 0 aliphatic carbocycles. The molecule has 0 aromatic heterocycles. The van der Waals surface area contributed by atoms with Gasteiger partial charge in [0.25, 0.3) is 0 Å². The highest BCUT2D eigenvalue weighted by molar-refractivity contribution is 5.94. The molecule has 1 saturated heterocycles. The molecule has 0 saturated carbocycles. The summed E-state index contributed by atoms with van der Waals surface area (Å²) in [7, 11) is 1.43. The first kappa shape index (κ1) is 23.9. The molecule has 2 N–H and O–H groups in total. The number of carbonyl (C=O) groups is 2. The average molecular weight is 459 g/mol. The van der Waals surface area contributed by atoms with Gasteiger partial charge in [0.05, 0.1) is 17.2 Å². The van der Waals surface area contributed by atoms with Crippen LogP contribution in [0.15, 0.2) is 42.5 Å². The molecule has 0 radical (unpaired) electrons. The fourth-order valence-electron chi connectivity index (χ4n) is 3.73. The zero-order valence-corrected chi connectivity index (χ0v) is 18.2. The second kappa shape index (κ2) is 9.81. The molecule has 33 heavy (non-hydrogen) atoms. The Morgan fingerprint density at radius 2 is 1.85 bits per heavy atom. The SMILES string of the molecule is CCc1ccc(NC(=O)N2CCN(c3ccc(C#N)c(C(F)(F)F)c3)CC2C(=O)NC)cc1. The molecule has 1 aliphatic rings. The van der Waals surface area contributed by atoms with Crippen LogP contribution in [0.5, 0.6) is 0 Å². The smallest absolute Gasteiger partial charge is 0.367 e. The number of carbonyl (C=O) groups excluding carboxylic acids is 2. The maximum Gasteiger partial charge on any atom is 0.417 e. The minimum absolute atomic E-state index is 0.00502. The Kier molecular flexibility index (Phi) is 7.11. The van der Waals surface area contributed by atoms with Gasteiger partial charge in [0, 0.05) is 38.1 Å². The van der Waals surface area contributed by atoms with Gasteiger partial charge in [-0.05, 0) is 42.3 Å². The van der Waals surface area contributed by atoms with Crippen LogP contribution in [0.3, 0.4) is 0 Å². The largest absolute Gasteiger partial charge is 0.417 e. The van der Waals surface area contributed by atoms with Crippen molar-refractivity contribution in [1.29, 1.82) is 5.26 Å². The molecule has 10 heteroatoms. The minimum atomic E-state index is -4.68. The van der Waals surface area contributed by atoms with Gasteiger partial charge in [0.15, 0.2) is 0 Å². The van der Waals surface area contributed by atoms with Gasteiger partial charge < -0.3 is 20.4 Å². The zero-order chi connectivity index (χ0) is 24.2. The number of alkyl halides is 3. The Labute approximate surface area is 189 Å². The van der Waals surface area contributed by atoms with Gasteiger partial charge >= 0.3 is 12.2 Å². The van der Waals surface area contributed by atoms with Crippen LogP contribution in [-0.2, 0) is 17.4 Å². The summed E-state index contributed by atoms with van der Waals surface area (Å²) in [6.07, 6.45) is -3.82. The molecule has 2 aromatic rings. The van der Waals surface area contributed by atoms with Crippen molar-refractivity contribution < 1.29 is 22.8 Å². The number of aryl methyl sites for hydroxylation is 1. The number of nitrogens with zero attached hydrogens (tertiary/aromatic N) is 3. The molecule has 0 bridgehead atoms. The Morgan fingerprint density at radius 1 is 1.15 bits per heavy atom. The minimum Gasteiger partial charge on any atom is -0.367 e. The van der Waals surface area contributed by atoms with Crippen LogP contribution < -0.4 is 15.5 Å². The molecule has 1 heterocycles. The van der Waals surface area contributed by atoms with E-state index in [1.165, 1.54) is 18.0 Å². The molecule has 3 rings (SSSR count). The molecule has 2 aromatic carbocycles. The number of nitrogens with one attached hydrogen (secondary N) is 2. The Balaban J connectivity index is 1.81. The maximum atomic E-state index is 13.4. The quantitative estimate of drug-likeness (QED) is 0.731. The van der Waals surface area contributed by atoms with E-state index in [1.54, 1.807) is 23.1 Å². The molecule has 1 fully saturated rings. The maximum absolute atomic E-state index is 13.4. The highest BCUT2D eigenvalue weighted by Crippen LogP contribution is 2.35. The lowest BCUT2D eigenvalue weighted by atomic mass is 10.0. The van der Waals surface area contributed by atoms with Crippen LogP contribution in [0.4, 0.5) is 29.3 Å².